The Morgan fingerprint density at radius 3 is 2.79 bits per heavy atom. The number of amidine groups is 1. The first-order valence-corrected chi connectivity index (χ1v) is 8.39. The summed E-state index contributed by atoms with van der Waals surface area (Å²) in [5, 5.41) is 11.6. The van der Waals surface area contributed by atoms with Gasteiger partial charge in [-0.3, -0.25) is 4.79 Å². The maximum Gasteiger partial charge on any atom is 0.271 e. The summed E-state index contributed by atoms with van der Waals surface area (Å²) in [5.41, 5.74) is 8.38. The molecule has 0 bridgehead atoms. The zero-order chi connectivity index (χ0) is 21.1. The van der Waals surface area contributed by atoms with E-state index in [4.69, 9.17) is 15.9 Å². The Balaban J connectivity index is 2.30. The summed E-state index contributed by atoms with van der Waals surface area (Å²) in [5.74, 6) is -0.398. The molecule has 2 atom stereocenters. The van der Waals surface area contributed by atoms with Gasteiger partial charge >= 0.3 is 0 Å². The van der Waals surface area contributed by atoms with E-state index in [-0.39, 0.29) is 17.3 Å². The fourth-order valence-electron chi connectivity index (χ4n) is 2.67. The molecule has 1 aliphatic rings. The molecule has 0 radical (unpaired) electrons. The fraction of sp³-hybridized carbons (Fsp3) is 0.412. The third-order valence-corrected chi connectivity index (χ3v) is 4.35. The number of amides is 1. The zero-order valence-electron chi connectivity index (χ0n) is 16.0. The largest absolute Gasteiger partial charge is 0.358 e. The van der Waals surface area contributed by atoms with Crippen LogP contribution in [-0.2, 0) is 9.53 Å². The molecule has 1 aromatic rings. The molecule has 1 amide bonds. The number of pyridine rings is 1. The van der Waals surface area contributed by atoms with Crippen LogP contribution in [0.25, 0.3) is 0 Å². The number of carbonyl (C=O) groups excluding carboxylic acids is 1. The van der Waals surface area contributed by atoms with Gasteiger partial charge in [0.2, 0.25) is 12.2 Å². The smallest absolute Gasteiger partial charge is 0.271 e. The van der Waals surface area contributed by atoms with Crippen LogP contribution < -0.4 is 16.5 Å². The second-order valence-corrected chi connectivity index (χ2v) is 6.36. The Kier molecular flexibility index (Phi) is 6.41. The molecule has 0 saturated carbocycles. The molecule has 5 N–H and O–H groups in total. The van der Waals surface area contributed by atoms with Crippen LogP contribution >= 0.6 is 0 Å². The predicted octanol–water partition coefficient (Wildman–Crippen LogP) is 0.695. The topological polar surface area (TPSA) is 119 Å². The van der Waals surface area contributed by atoms with Crippen LogP contribution in [0.2, 0.25) is 0 Å². The highest BCUT2D eigenvalue weighted by molar-refractivity contribution is 6.05. The molecule has 0 aliphatic carbocycles. The number of methoxy groups -OCH3 is 1. The number of hydrazine groups is 1. The minimum absolute atomic E-state index is 0.123. The highest BCUT2D eigenvalue weighted by Gasteiger charge is 2.39. The first-order valence-electron chi connectivity index (χ1n) is 8.39. The third kappa shape index (κ3) is 4.31. The van der Waals surface area contributed by atoms with Gasteiger partial charge < -0.3 is 20.8 Å². The van der Waals surface area contributed by atoms with Crippen molar-refractivity contribution in [2.75, 3.05) is 19.5 Å². The lowest BCUT2D eigenvalue weighted by atomic mass is 10.1. The summed E-state index contributed by atoms with van der Waals surface area (Å²) in [4.78, 5) is 16.9. The number of anilines is 1. The average Bonchev–Trinajstić information content (AvgIpc) is 2.97. The molecule has 11 heteroatoms. The van der Waals surface area contributed by atoms with Crippen molar-refractivity contribution >= 4 is 23.9 Å². The highest BCUT2D eigenvalue weighted by Crippen LogP contribution is 2.24. The van der Waals surface area contributed by atoms with Crippen molar-refractivity contribution in [3.8, 4) is 0 Å². The van der Waals surface area contributed by atoms with E-state index in [9.17, 15) is 13.6 Å². The first-order chi connectivity index (χ1) is 13.1. The predicted molar refractivity (Wildman–Crippen MR) is 100 cm³/mol. The number of nitrogens with zero attached hydrogens (tertiary/aromatic N) is 3. The van der Waals surface area contributed by atoms with Crippen LogP contribution in [0.5, 0.6) is 0 Å². The minimum atomic E-state index is -2.70. The second-order valence-electron chi connectivity index (χ2n) is 6.36. The number of ether oxygens (including phenoxy) is 1. The third-order valence-electron chi connectivity index (χ3n) is 4.35. The van der Waals surface area contributed by atoms with Crippen LogP contribution in [0.15, 0.2) is 30.0 Å². The first kappa shape index (κ1) is 21.4. The van der Waals surface area contributed by atoms with Gasteiger partial charge in [0, 0.05) is 20.4 Å². The summed E-state index contributed by atoms with van der Waals surface area (Å²) in [6.07, 6.45) is -0.397. The number of nitrogens with two attached hydrogens (primary N) is 1. The van der Waals surface area contributed by atoms with Gasteiger partial charge in [-0.1, -0.05) is 6.07 Å². The molecule has 0 saturated heterocycles. The Labute approximate surface area is 161 Å². The standard InChI is InChI=1S/C17H23F2N7O2/c1-10(14(18)19)26(9-20)15(21)12-6-5-7-13(22-12)23-16(27)11-8-25(3)24-17(11,2)28-4/h5-10,14,20-21,24H,1-4H3,(H,22,23,27)/p+1. The molecule has 0 aromatic carbocycles. The molecule has 2 rings (SSSR count). The Bertz CT molecular complexity index is 827. The van der Waals surface area contributed by atoms with E-state index in [2.05, 4.69) is 15.7 Å². The Morgan fingerprint density at radius 1 is 1.54 bits per heavy atom. The van der Waals surface area contributed by atoms with Crippen LogP contribution in [0.4, 0.5) is 14.6 Å². The summed E-state index contributed by atoms with van der Waals surface area (Å²) >= 11 is 0. The Morgan fingerprint density at radius 2 is 2.21 bits per heavy atom. The number of nitrogens with one attached hydrogen (secondary N) is 3. The van der Waals surface area contributed by atoms with Gasteiger partial charge in [-0.15, -0.1) is 0 Å². The van der Waals surface area contributed by atoms with Crippen molar-refractivity contribution in [1.29, 1.82) is 5.41 Å². The molecule has 28 heavy (non-hydrogen) atoms. The molecule has 152 valence electrons. The maximum absolute atomic E-state index is 13.0. The van der Waals surface area contributed by atoms with E-state index in [0.717, 1.165) is 4.58 Å². The number of rotatable bonds is 7. The van der Waals surface area contributed by atoms with Gasteiger partial charge in [0.15, 0.2) is 5.72 Å². The number of hydrogen-bond acceptors (Lipinski definition) is 6. The SMILES string of the molecule is COC1(C)NN(C)C=C1C(=O)Nc1cccc(C(N)=[N+](C=N)C(C)C(F)F)n1. The zero-order valence-corrected chi connectivity index (χ0v) is 16.0. The van der Waals surface area contributed by atoms with E-state index in [1.165, 1.54) is 26.2 Å². The Hall–Kier alpha value is -2.92. The number of aromatic nitrogens is 1. The summed E-state index contributed by atoms with van der Waals surface area (Å²) < 4.78 is 32.3. The lowest BCUT2D eigenvalue weighted by Gasteiger charge is -2.26. The molecule has 2 unspecified atom stereocenters. The average molecular weight is 396 g/mol. The molecule has 2 heterocycles. The molecule has 0 fully saturated rings. The van der Waals surface area contributed by atoms with Gasteiger partial charge in [0.05, 0.1) is 5.57 Å². The van der Waals surface area contributed by atoms with Gasteiger partial charge in [-0.25, -0.2) is 23.8 Å². The van der Waals surface area contributed by atoms with Crippen molar-refractivity contribution in [2.24, 2.45) is 5.73 Å². The number of carbonyl (C=O) groups is 1. The van der Waals surface area contributed by atoms with Crippen LogP contribution in [0.1, 0.15) is 19.5 Å². The van der Waals surface area contributed by atoms with Crippen molar-refractivity contribution < 1.29 is 22.9 Å². The second kappa shape index (κ2) is 8.40. The van der Waals surface area contributed by atoms with Crippen molar-refractivity contribution in [3.05, 3.63) is 35.7 Å². The molecular weight excluding hydrogens is 372 g/mol. The van der Waals surface area contributed by atoms with Crippen molar-refractivity contribution in [2.45, 2.75) is 32.0 Å². The monoisotopic (exact) mass is 396 g/mol. The van der Waals surface area contributed by atoms with Crippen LogP contribution in [-0.4, -0.2) is 65.0 Å². The highest BCUT2D eigenvalue weighted by atomic mass is 19.3. The van der Waals surface area contributed by atoms with E-state index in [0.29, 0.717) is 11.9 Å². The van der Waals surface area contributed by atoms with E-state index >= 15 is 0 Å². The maximum atomic E-state index is 13.0. The number of alkyl halides is 2. The lowest BCUT2D eigenvalue weighted by molar-refractivity contribution is -0.462. The molecule has 1 aliphatic heterocycles. The quantitative estimate of drug-likeness (QED) is 0.306. The molecule has 9 nitrogen and oxygen atoms in total. The van der Waals surface area contributed by atoms with Gasteiger partial charge in [-0.2, -0.15) is 5.41 Å². The fourth-order valence-corrected chi connectivity index (χ4v) is 2.67. The van der Waals surface area contributed by atoms with Crippen molar-refractivity contribution in [3.63, 3.8) is 0 Å². The van der Waals surface area contributed by atoms with E-state index in [1.807, 2.05) is 0 Å². The van der Waals surface area contributed by atoms with Gasteiger partial charge in [0.25, 0.3) is 12.3 Å². The number of halogens is 2. The van der Waals surface area contributed by atoms with Gasteiger partial charge in [0.1, 0.15) is 17.6 Å². The normalized spacial score (nSPS) is 21.2. The lowest BCUT2D eigenvalue weighted by Crippen LogP contribution is -2.48. The summed E-state index contributed by atoms with van der Waals surface area (Å²) in [6, 6.07) is 3.31. The summed E-state index contributed by atoms with van der Waals surface area (Å²) in [6.45, 7) is 2.95. The van der Waals surface area contributed by atoms with Crippen LogP contribution in [0.3, 0.4) is 0 Å². The van der Waals surface area contributed by atoms with E-state index in [1.54, 1.807) is 31.2 Å². The summed E-state index contributed by atoms with van der Waals surface area (Å²) in [7, 11) is 3.19. The minimum Gasteiger partial charge on any atom is -0.358 e. The van der Waals surface area contributed by atoms with Crippen LogP contribution in [0, 0.1) is 5.41 Å². The van der Waals surface area contributed by atoms with Crippen molar-refractivity contribution in [1.82, 2.24) is 15.4 Å². The van der Waals surface area contributed by atoms with E-state index < -0.39 is 24.1 Å². The van der Waals surface area contributed by atoms with Gasteiger partial charge in [-0.05, 0) is 26.0 Å². The number of hydrogen-bond donors (Lipinski definition) is 4. The molecule has 0 spiro atoms. The molecule has 1 aromatic heterocycles. The molecular formula is C17H24F2N7O2+.